The average Bonchev–Trinajstić information content (AvgIpc) is 3.25. The number of thiophene rings is 1. The average molecular weight is 383 g/mol. The number of carbonyl (C=O) groups excluding carboxylic acids is 3. The van der Waals surface area contributed by atoms with Crippen molar-refractivity contribution in [3.63, 3.8) is 0 Å². The topological polar surface area (TPSA) is 69.7 Å². The summed E-state index contributed by atoms with van der Waals surface area (Å²) < 4.78 is 0. The molecule has 2 heterocycles. The van der Waals surface area contributed by atoms with E-state index in [4.69, 9.17) is 0 Å². The van der Waals surface area contributed by atoms with Gasteiger partial charge in [-0.2, -0.15) is 0 Å². The Morgan fingerprint density at radius 3 is 2.63 bits per heavy atom. The van der Waals surface area contributed by atoms with Crippen LogP contribution in [0.2, 0.25) is 0 Å². The zero-order chi connectivity index (χ0) is 19.6. The first kappa shape index (κ1) is 19.0. The number of carbonyl (C=O) groups is 3. The molecule has 7 heteroatoms. The van der Waals surface area contributed by atoms with Crippen LogP contribution in [0.3, 0.4) is 0 Å². The molecule has 1 aliphatic rings. The first-order chi connectivity index (χ1) is 12.9. The van der Waals surface area contributed by atoms with Crippen LogP contribution < -0.4 is 5.32 Å². The summed E-state index contributed by atoms with van der Waals surface area (Å²) in [7, 11) is 3.93. The van der Waals surface area contributed by atoms with Crippen molar-refractivity contribution in [3.05, 3.63) is 69.9 Å². The van der Waals surface area contributed by atoms with E-state index in [1.807, 2.05) is 36.5 Å². The van der Waals surface area contributed by atoms with Crippen molar-refractivity contribution in [1.29, 1.82) is 0 Å². The lowest BCUT2D eigenvalue weighted by atomic mass is 10.1. The van der Waals surface area contributed by atoms with Crippen LogP contribution >= 0.6 is 11.3 Å². The number of likely N-dealkylation sites (N-methyl/N-ethyl adjacent to an activating group) is 1. The Balaban J connectivity index is 1.75. The highest BCUT2D eigenvalue weighted by Gasteiger charge is 2.35. The summed E-state index contributed by atoms with van der Waals surface area (Å²) in [5.41, 5.74) is 0.944. The van der Waals surface area contributed by atoms with Gasteiger partial charge in [0.25, 0.3) is 17.7 Å². The van der Waals surface area contributed by atoms with Gasteiger partial charge in [0.15, 0.2) is 0 Å². The van der Waals surface area contributed by atoms with Gasteiger partial charge in [-0.1, -0.05) is 12.1 Å². The molecule has 3 rings (SSSR count). The second-order valence-corrected chi connectivity index (χ2v) is 7.45. The fourth-order valence-electron chi connectivity index (χ4n) is 3.04. The van der Waals surface area contributed by atoms with Gasteiger partial charge in [-0.3, -0.25) is 19.3 Å². The Morgan fingerprint density at radius 2 is 2.00 bits per heavy atom. The predicted octanol–water partition coefficient (Wildman–Crippen LogP) is 2.56. The van der Waals surface area contributed by atoms with E-state index in [1.54, 1.807) is 17.4 Å². The molecule has 1 aromatic heterocycles. The molecule has 6 nitrogen and oxygen atoms in total. The Bertz CT molecular complexity index is 890. The third-order valence-corrected chi connectivity index (χ3v) is 5.47. The number of rotatable bonds is 7. The van der Waals surface area contributed by atoms with Gasteiger partial charge in [-0.25, -0.2) is 0 Å². The number of nitrogens with zero attached hydrogens (tertiary/aromatic N) is 2. The van der Waals surface area contributed by atoms with Crippen molar-refractivity contribution in [2.24, 2.45) is 0 Å². The second-order valence-electron chi connectivity index (χ2n) is 6.47. The van der Waals surface area contributed by atoms with E-state index >= 15 is 0 Å². The highest BCUT2D eigenvalue weighted by Crippen LogP contribution is 2.25. The summed E-state index contributed by atoms with van der Waals surface area (Å²) in [5, 5.41) is 4.93. The molecule has 0 aliphatic carbocycles. The Kier molecular flexibility index (Phi) is 5.53. The third-order valence-electron chi connectivity index (χ3n) is 4.50. The molecule has 0 saturated carbocycles. The first-order valence-corrected chi connectivity index (χ1v) is 9.41. The molecule has 0 fully saturated rings. The van der Waals surface area contributed by atoms with E-state index in [0.717, 1.165) is 9.78 Å². The Hall–Kier alpha value is -2.77. The van der Waals surface area contributed by atoms with Gasteiger partial charge in [0.1, 0.15) is 0 Å². The maximum atomic E-state index is 12.6. The molecule has 3 amide bonds. The molecule has 140 valence electrons. The van der Waals surface area contributed by atoms with Crippen LogP contribution in [-0.2, 0) is 0 Å². The minimum Gasteiger partial charge on any atom is -0.350 e. The smallest absolute Gasteiger partial charge is 0.261 e. The molecule has 0 spiro atoms. The molecule has 0 unspecified atom stereocenters. The zero-order valence-electron chi connectivity index (χ0n) is 15.3. The van der Waals surface area contributed by atoms with Gasteiger partial charge in [0.05, 0.1) is 17.2 Å². The number of nitrogens with one attached hydrogen (secondary N) is 1. The SMILES string of the molecule is C=CCN1C(=O)c2ccc(C(=O)NC[C@H](c3cccs3)N(C)C)cc2C1=O. The first-order valence-electron chi connectivity index (χ1n) is 8.53. The van der Waals surface area contributed by atoms with Crippen LogP contribution in [0.4, 0.5) is 0 Å². The lowest BCUT2D eigenvalue weighted by Crippen LogP contribution is -2.34. The minimum atomic E-state index is -0.394. The fourth-order valence-corrected chi connectivity index (χ4v) is 3.96. The molecule has 1 aliphatic heterocycles. The molecule has 1 N–H and O–H groups in total. The van der Waals surface area contributed by atoms with E-state index in [-0.39, 0.29) is 30.0 Å². The Labute approximate surface area is 162 Å². The maximum Gasteiger partial charge on any atom is 0.261 e. The largest absolute Gasteiger partial charge is 0.350 e. The molecule has 0 radical (unpaired) electrons. The molecule has 2 aromatic rings. The monoisotopic (exact) mass is 383 g/mol. The van der Waals surface area contributed by atoms with Crippen molar-refractivity contribution in [2.75, 3.05) is 27.2 Å². The lowest BCUT2D eigenvalue weighted by Gasteiger charge is -2.23. The summed E-state index contributed by atoms with van der Waals surface area (Å²) in [6, 6.07) is 8.69. The van der Waals surface area contributed by atoms with Crippen molar-refractivity contribution in [2.45, 2.75) is 6.04 Å². The second kappa shape index (κ2) is 7.85. The summed E-state index contributed by atoms with van der Waals surface area (Å²) in [4.78, 5) is 41.6. The summed E-state index contributed by atoms with van der Waals surface area (Å²) in [6.07, 6.45) is 1.50. The standard InChI is InChI=1S/C20H21N3O3S/c1-4-9-23-19(25)14-8-7-13(11-15(14)20(23)26)18(24)21-12-16(22(2)3)17-6-5-10-27-17/h4-8,10-11,16H,1,9,12H2,2-3H3,(H,21,24)/t16-/m1/s1. The van der Waals surface area contributed by atoms with E-state index in [0.29, 0.717) is 17.7 Å². The predicted molar refractivity (Wildman–Crippen MR) is 105 cm³/mol. The van der Waals surface area contributed by atoms with Gasteiger partial charge in [-0.05, 0) is 43.7 Å². The number of hydrogen-bond acceptors (Lipinski definition) is 5. The van der Waals surface area contributed by atoms with Gasteiger partial charge >= 0.3 is 0 Å². The van der Waals surface area contributed by atoms with Crippen LogP contribution in [0.25, 0.3) is 0 Å². The number of imide groups is 1. The molecule has 1 aromatic carbocycles. The van der Waals surface area contributed by atoms with Crippen molar-refractivity contribution < 1.29 is 14.4 Å². The van der Waals surface area contributed by atoms with E-state index < -0.39 is 5.91 Å². The molecular weight excluding hydrogens is 362 g/mol. The van der Waals surface area contributed by atoms with Crippen LogP contribution in [0.1, 0.15) is 42.0 Å². The number of amides is 3. The maximum absolute atomic E-state index is 12.6. The van der Waals surface area contributed by atoms with E-state index in [9.17, 15) is 14.4 Å². The van der Waals surface area contributed by atoms with Gasteiger partial charge in [0, 0.05) is 23.5 Å². The highest BCUT2D eigenvalue weighted by molar-refractivity contribution is 7.10. The molecule has 27 heavy (non-hydrogen) atoms. The quantitative estimate of drug-likeness (QED) is 0.589. The summed E-state index contributed by atoms with van der Waals surface area (Å²) in [5.74, 6) is -1.02. The van der Waals surface area contributed by atoms with Gasteiger partial charge in [-0.15, -0.1) is 17.9 Å². The van der Waals surface area contributed by atoms with Gasteiger partial charge in [0.2, 0.25) is 0 Å². The molecular formula is C20H21N3O3S. The zero-order valence-corrected chi connectivity index (χ0v) is 16.1. The van der Waals surface area contributed by atoms with Crippen LogP contribution in [0.15, 0.2) is 48.4 Å². The number of fused-ring (bicyclic) bond motifs is 1. The van der Waals surface area contributed by atoms with E-state index in [1.165, 1.54) is 18.2 Å². The third kappa shape index (κ3) is 3.70. The highest BCUT2D eigenvalue weighted by atomic mass is 32.1. The molecule has 1 atom stereocenters. The van der Waals surface area contributed by atoms with Gasteiger partial charge < -0.3 is 10.2 Å². The molecule has 0 saturated heterocycles. The lowest BCUT2D eigenvalue weighted by molar-refractivity contribution is 0.0672. The Morgan fingerprint density at radius 1 is 1.26 bits per heavy atom. The van der Waals surface area contributed by atoms with Crippen LogP contribution in [0, 0.1) is 0 Å². The summed E-state index contributed by atoms with van der Waals surface area (Å²) >= 11 is 1.64. The minimum absolute atomic E-state index is 0.0645. The van der Waals surface area contributed by atoms with Crippen LogP contribution in [-0.4, -0.2) is 54.7 Å². The van der Waals surface area contributed by atoms with Crippen molar-refractivity contribution in [3.8, 4) is 0 Å². The number of hydrogen-bond donors (Lipinski definition) is 1. The molecule has 0 bridgehead atoms. The fraction of sp³-hybridized carbons (Fsp3) is 0.250. The van der Waals surface area contributed by atoms with E-state index in [2.05, 4.69) is 11.9 Å². The van der Waals surface area contributed by atoms with Crippen LogP contribution in [0.5, 0.6) is 0 Å². The normalized spacial score (nSPS) is 14.4. The number of benzene rings is 1. The van der Waals surface area contributed by atoms with Crippen molar-refractivity contribution >= 4 is 29.1 Å². The summed E-state index contributed by atoms with van der Waals surface area (Å²) in [6.45, 7) is 4.16. The van der Waals surface area contributed by atoms with Crippen molar-refractivity contribution in [1.82, 2.24) is 15.1 Å².